The summed E-state index contributed by atoms with van der Waals surface area (Å²) in [7, 11) is 0. The summed E-state index contributed by atoms with van der Waals surface area (Å²) in [6.07, 6.45) is 2.19. The number of benzene rings is 1. The van der Waals surface area contributed by atoms with Gasteiger partial charge >= 0.3 is 0 Å². The lowest BCUT2D eigenvalue weighted by Crippen LogP contribution is -2.25. The highest BCUT2D eigenvalue weighted by atomic mass is 32.2. The Labute approximate surface area is 109 Å². The Morgan fingerprint density at radius 3 is 2.83 bits per heavy atom. The minimum atomic E-state index is -0.504. The molecular weight excluding hydrogens is 256 g/mol. The highest BCUT2D eigenvalue weighted by Gasteiger charge is 2.16. The van der Waals surface area contributed by atoms with Crippen LogP contribution in [-0.2, 0) is 0 Å². The molecule has 0 saturated carbocycles. The summed E-state index contributed by atoms with van der Waals surface area (Å²) in [6.45, 7) is 0.333. The van der Waals surface area contributed by atoms with Gasteiger partial charge in [-0.25, -0.2) is 0 Å². The summed E-state index contributed by atoms with van der Waals surface area (Å²) in [5.41, 5.74) is 0.176. The third-order valence-electron chi connectivity index (χ3n) is 2.26. The molecule has 0 aromatic heterocycles. The number of thioether (sulfide) groups is 1. The first kappa shape index (κ1) is 14.5. The van der Waals surface area contributed by atoms with Crippen molar-refractivity contribution in [1.82, 2.24) is 5.32 Å². The number of amides is 1. The van der Waals surface area contributed by atoms with Crippen LogP contribution in [0.25, 0.3) is 0 Å². The highest BCUT2D eigenvalue weighted by Crippen LogP contribution is 2.28. The number of carbonyl (C=O) groups excluding carboxylic acids is 1. The van der Waals surface area contributed by atoms with Crippen molar-refractivity contribution in [2.75, 3.05) is 19.4 Å². The first-order valence-electron chi connectivity index (χ1n) is 5.31. The van der Waals surface area contributed by atoms with Gasteiger partial charge in [-0.05, 0) is 24.8 Å². The van der Waals surface area contributed by atoms with Crippen LogP contribution in [0.5, 0.6) is 0 Å². The minimum absolute atomic E-state index is 0.00809. The molecule has 1 amide bonds. The number of carbonyl (C=O) groups is 1. The van der Waals surface area contributed by atoms with E-state index < -0.39 is 4.92 Å². The Kier molecular flexibility index (Phi) is 5.60. The number of nitrogens with one attached hydrogen (secondary N) is 1. The Hall–Kier alpha value is -1.60. The molecule has 18 heavy (non-hydrogen) atoms. The highest BCUT2D eigenvalue weighted by molar-refractivity contribution is 7.98. The van der Waals surface area contributed by atoms with Gasteiger partial charge in [0.15, 0.2) is 0 Å². The smallest absolute Gasteiger partial charge is 0.283 e. The van der Waals surface area contributed by atoms with E-state index in [0.717, 1.165) is 0 Å². The fourth-order valence-corrected chi connectivity index (χ4v) is 1.90. The second-order valence-electron chi connectivity index (χ2n) is 3.48. The van der Waals surface area contributed by atoms with E-state index in [0.29, 0.717) is 17.9 Å². The fraction of sp³-hybridized carbons (Fsp3) is 0.364. The molecule has 1 rings (SSSR count). The molecule has 0 aliphatic carbocycles. The standard InChI is InChI=1S/C11H14N2O4S/c1-18-10-4-3-8(7-9(10)13(16)17)11(15)12-5-2-6-14/h3-4,7,14H,2,5-6H2,1H3,(H,12,15). The number of aliphatic hydroxyl groups excluding tert-OH is 1. The summed E-state index contributed by atoms with van der Waals surface area (Å²) in [5, 5.41) is 22.0. The number of rotatable bonds is 6. The van der Waals surface area contributed by atoms with E-state index in [4.69, 9.17) is 5.11 Å². The number of aliphatic hydroxyl groups is 1. The van der Waals surface area contributed by atoms with Gasteiger partial charge in [-0.15, -0.1) is 11.8 Å². The van der Waals surface area contributed by atoms with Gasteiger partial charge in [-0.3, -0.25) is 14.9 Å². The molecule has 0 radical (unpaired) electrons. The minimum Gasteiger partial charge on any atom is -0.396 e. The van der Waals surface area contributed by atoms with Crippen LogP contribution in [0.1, 0.15) is 16.8 Å². The zero-order valence-corrected chi connectivity index (χ0v) is 10.7. The van der Waals surface area contributed by atoms with Gasteiger partial charge in [0.25, 0.3) is 11.6 Å². The molecule has 98 valence electrons. The third kappa shape index (κ3) is 3.71. The Bertz CT molecular complexity index is 451. The van der Waals surface area contributed by atoms with Gasteiger partial charge in [0.05, 0.1) is 9.82 Å². The van der Waals surface area contributed by atoms with Crippen LogP contribution < -0.4 is 5.32 Å². The lowest BCUT2D eigenvalue weighted by Gasteiger charge is -2.05. The van der Waals surface area contributed by atoms with Crippen LogP contribution in [0.4, 0.5) is 5.69 Å². The van der Waals surface area contributed by atoms with E-state index in [1.807, 2.05) is 0 Å². The number of nitrogens with zero attached hydrogens (tertiary/aromatic N) is 1. The molecule has 0 atom stereocenters. The molecular formula is C11H14N2O4S. The zero-order valence-electron chi connectivity index (χ0n) is 9.88. The maximum atomic E-state index is 11.7. The van der Waals surface area contributed by atoms with E-state index in [-0.39, 0.29) is 23.8 Å². The number of nitro benzene ring substituents is 1. The van der Waals surface area contributed by atoms with Crippen LogP contribution in [0.2, 0.25) is 0 Å². The summed E-state index contributed by atoms with van der Waals surface area (Å²) < 4.78 is 0. The van der Waals surface area contributed by atoms with E-state index in [9.17, 15) is 14.9 Å². The molecule has 0 bridgehead atoms. The van der Waals surface area contributed by atoms with Crippen LogP contribution in [-0.4, -0.2) is 35.3 Å². The van der Waals surface area contributed by atoms with Crippen molar-refractivity contribution >= 4 is 23.4 Å². The molecule has 0 fully saturated rings. The Morgan fingerprint density at radius 2 is 2.28 bits per heavy atom. The maximum absolute atomic E-state index is 11.7. The van der Waals surface area contributed by atoms with Crippen molar-refractivity contribution in [3.8, 4) is 0 Å². The number of nitro groups is 1. The largest absolute Gasteiger partial charge is 0.396 e. The SMILES string of the molecule is CSc1ccc(C(=O)NCCCO)cc1[N+](=O)[O-]. The second-order valence-corrected chi connectivity index (χ2v) is 4.32. The molecule has 0 aliphatic heterocycles. The normalized spacial score (nSPS) is 10.1. The molecule has 1 aromatic carbocycles. The summed E-state index contributed by atoms with van der Waals surface area (Å²) in [6, 6.07) is 4.37. The van der Waals surface area contributed by atoms with Gasteiger partial charge in [-0.2, -0.15) is 0 Å². The van der Waals surface area contributed by atoms with Gasteiger partial charge in [0.1, 0.15) is 0 Å². The zero-order chi connectivity index (χ0) is 13.5. The van der Waals surface area contributed by atoms with Crippen LogP contribution >= 0.6 is 11.8 Å². The van der Waals surface area contributed by atoms with E-state index in [2.05, 4.69) is 5.32 Å². The average Bonchev–Trinajstić information content (AvgIpc) is 2.38. The van der Waals surface area contributed by atoms with Crippen molar-refractivity contribution in [3.63, 3.8) is 0 Å². The molecule has 0 saturated heterocycles. The molecule has 2 N–H and O–H groups in total. The summed E-state index contributed by atoms with van der Waals surface area (Å²) >= 11 is 1.26. The van der Waals surface area contributed by atoms with E-state index in [1.54, 1.807) is 18.4 Å². The van der Waals surface area contributed by atoms with Gasteiger partial charge < -0.3 is 10.4 Å². The third-order valence-corrected chi connectivity index (χ3v) is 3.04. The monoisotopic (exact) mass is 270 g/mol. The van der Waals surface area contributed by atoms with Crippen LogP contribution in [0.3, 0.4) is 0 Å². The molecule has 0 unspecified atom stereocenters. The van der Waals surface area contributed by atoms with Crippen LogP contribution in [0, 0.1) is 10.1 Å². The first-order valence-corrected chi connectivity index (χ1v) is 6.54. The topological polar surface area (TPSA) is 92.5 Å². The van der Waals surface area contributed by atoms with Gasteiger partial charge in [-0.1, -0.05) is 0 Å². The maximum Gasteiger partial charge on any atom is 0.283 e. The van der Waals surface area contributed by atoms with Crippen molar-refractivity contribution < 1.29 is 14.8 Å². The number of hydrogen-bond acceptors (Lipinski definition) is 5. The van der Waals surface area contributed by atoms with Crippen molar-refractivity contribution in [2.45, 2.75) is 11.3 Å². The Balaban J connectivity index is 2.87. The second kappa shape index (κ2) is 6.97. The molecule has 0 heterocycles. The van der Waals surface area contributed by atoms with E-state index >= 15 is 0 Å². The number of hydrogen-bond donors (Lipinski definition) is 2. The van der Waals surface area contributed by atoms with Gasteiger partial charge in [0.2, 0.25) is 0 Å². The van der Waals surface area contributed by atoms with Gasteiger partial charge in [0, 0.05) is 24.8 Å². The molecule has 0 spiro atoms. The Morgan fingerprint density at radius 1 is 1.56 bits per heavy atom. The molecule has 6 nitrogen and oxygen atoms in total. The van der Waals surface area contributed by atoms with Crippen molar-refractivity contribution in [3.05, 3.63) is 33.9 Å². The van der Waals surface area contributed by atoms with E-state index in [1.165, 1.54) is 17.8 Å². The summed E-state index contributed by atoms with van der Waals surface area (Å²) in [5.74, 6) is -0.376. The van der Waals surface area contributed by atoms with Crippen molar-refractivity contribution in [2.24, 2.45) is 0 Å². The lowest BCUT2D eigenvalue weighted by atomic mass is 10.2. The molecule has 7 heteroatoms. The lowest BCUT2D eigenvalue weighted by molar-refractivity contribution is -0.387. The van der Waals surface area contributed by atoms with Crippen LogP contribution in [0.15, 0.2) is 23.1 Å². The summed E-state index contributed by atoms with van der Waals surface area (Å²) in [4.78, 5) is 22.5. The molecule has 0 aliphatic rings. The quantitative estimate of drug-likeness (QED) is 0.353. The fourth-order valence-electron chi connectivity index (χ4n) is 1.36. The predicted molar refractivity (Wildman–Crippen MR) is 68.9 cm³/mol. The molecule has 1 aromatic rings. The van der Waals surface area contributed by atoms with Crippen molar-refractivity contribution in [1.29, 1.82) is 0 Å². The predicted octanol–water partition coefficient (Wildman–Crippen LogP) is 1.43. The average molecular weight is 270 g/mol. The first-order chi connectivity index (χ1) is 8.60.